The lowest BCUT2D eigenvalue weighted by molar-refractivity contribution is -0.0779. The Hall–Kier alpha value is -0.980. The number of rotatable bonds is 5. The molecule has 0 aliphatic carbocycles. The van der Waals surface area contributed by atoms with Gasteiger partial charge in [0.15, 0.2) is 5.82 Å². The van der Waals surface area contributed by atoms with Crippen molar-refractivity contribution in [3.05, 3.63) is 11.7 Å². The molecule has 0 amide bonds. The van der Waals surface area contributed by atoms with Crippen LogP contribution in [0, 0.1) is 0 Å². The zero-order valence-electron chi connectivity index (χ0n) is 11.1. The molecule has 0 saturated carbocycles. The molecule has 0 spiro atoms. The molecule has 0 bridgehead atoms. The second-order valence-corrected chi connectivity index (χ2v) is 4.97. The highest BCUT2D eigenvalue weighted by Gasteiger charge is 2.31. The lowest BCUT2D eigenvalue weighted by Gasteiger charge is -2.35. The van der Waals surface area contributed by atoms with Crippen molar-refractivity contribution >= 4 is 0 Å². The maximum atomic E-state index is 10.4. The van der Waals surface area contributed by atoms with Crippen molar-refractivity contribution in [3.63, 3.8) is 0 Å². The minimum atomic E-state index is -0.648. The highest BCUT2D eigenvalue weighted by Crippen LogP contribution is 2.21. The van der Waals surface area contributed by atoms with Crippen molar-refractivity contribution in [1.82, 2.24) is 15.0 Å². The number of hydrogen-bond donors (Lipinski definition) is 1. The van der Waals surface area contributed by atoms with Crippen LogP contribution in [0.25, 0.3) is 0 Å². The maximum absolute atomic E-state index is 10.4. The molecule has 6 nitrogen and oxygen atoms in total. The Balaban J connectivity index is 1.85. The normalized spacial score (nSPS) is 19.3. The number of hydrogen-bond acceptors (Lipinski definition) is 6. The number of aliphatic hydroxyl groups is 1. The molecule has 1 saturated heterocycles. The van der Waals surface area contributed by atoms with Gasteiger partial charge in [0.2, 0.25) is 5.89 Å². The lowest BCUT2D eigenvalue weighted by atomic mass is 9.94. The summed E-state index contributed by atoms with van der Waals surface area (Å²) in [6, 6.07) is 0. The van der Waals surface area contributed by atoms with E-state index in [9.17, 15) is 5.11 Å². The van der Waals surface area contributed by atoms with Crippen LogP contribution in [0.5, 0.6) is 0 Å². The Morgan fingerprint density at radius 3 is 2.72 bits per heavy atom. The van der Waals surface area contributed by atoms with Crippen LogP contribution >= 0.6 is 0 Å². The van der Waals surface area contributed by atoms with Gasteiger partial charge in [-0.05, 0) is 7.05 Å². The van der Waals surface area contributed by atoms with Gasteiger partial charge in [0.05, 0.1) is 12.1 Å². The Kier molecular flexibility index (Phi) is 4.31. The number of nitrogens with zero attached hydrogens (tertiary/aromatic N) is 3. The van der Waals surface area contributed by atoms with Gasteiger partial charge in [-0.2, -0.15) is 4.98 Å². The molecule has 1 aromatic rings. The van der Waals surface area contributed by atoms with Gasteiger partial charge in [0, 0.05) is 39.0 Å². The van der Waals surface area contributed by atoms with Gasteiger partial charge in [-0.25, -0.2) is 0 Å². The largest absolute Gasteiger partial charge is 0.388 e. The summed E-state index contributed by atoms with van der Waals surface area (Å²) >= 11 is 0. The van der Waals surface area contributed by atoms with Crippen LogP contribution in [-0.2, 0) is 17.7 Å². The first-order valence-electron chi connectivity index (χ1n) is 6.41. The first-order valence-corrected chi connectivity index (χ1v) is 6.41. The molecular weight excluding hydrogens is 234 g/mol. The Bertz CT molecular complexity index is 374. The molecule has 6 heteroatoms. The van der Waals surface area contributed by atoms with Crippen molar-refractivity contribution in [2.24, 2.45) is 0 Å². The summed E-state index contributed by atoms with van der Waals surface area (Å²) < 4.78 is 10.3. The average molecular weight is 255 g/mol. The van der Waals surface area contributed by atoms with E-state index in [1.807, 2.05) is 18.9 Å². The standard InChI is InChI=1S/C12H21N3O3/c1-3-11-13-10(14-18-11)8-15(2)9-12(16)4-6-17-7-5-12/h16H,3-9H2,1-2H3. The van der Waals surface area contributed by atoms with E-state index in [4.69, 9.17) is 9.26 Å². The first-order chi connectivity index (χ1) is 8.61. The van der Waals surface area contributed by atoms with Crippen LogP contribution in [0.1, 0.15) is 31.5 Å². The van der Waals surface area contributed by atoms with Gasteiger partial charge < -0.3 is 14.4 Å². The maximum Gasteiger partial charge on any atom is 0.226 e. The minimum Gasteiger partial charge on any atom is -0.388 e. The molecule has 0 atom stereocenters. The molecule has 18 heavy (non-hydrogen) atoms. The van der Waals surface area contributed by atoms with E-state index >= 15 is 0 Å². The van der Waals surface area contributed by atoms with Crippen LogP contribution in [0.15, 0.2) is 4.52 Å². The third kappa shape index (κ3) is 3.51. The van der Waals surface area contributed by atoms with Crippen molar-refractivity contribution in [2.45, 2.75) is 38.3 Å². The van der Waals surface area contributed by atoms with Gasteiger partial charge in [-0.1, -0.05) is 12.1 Å². The predicted molar refractivity (Wildman–Crippen MR) is 65.0 cm³/mol. The van der Waals surface area contributed by atoms with E-state index in [1.165, 1.54) is 0 Å². The van der Waals surface area contributed by atoms with Crippen molar-refractivity contribution in [3.8, 4) is 0 Å². The van der Waals surface area contributed by atoms with Crippen molar-refractivity contribution < 1.29 is 14.4 Å². The monoisotopic (exact) mass is 255 g/mol. The molecule has 0 radical (unpaired) electrons. The van der Waals surface area contributed by atoms with E-state index in [-0.39, 0.29) is 0 Å². The van der Waals surface area contributed by atoms with Gasteiger partial charge in [0.1, 0.15) is 0 Å². The van der Waals surface area contributed by atoms with Crippen LogP contribution in [0.3, 0.4) is 0 Å². The summed E-state index contributed by atoms with van der Waals surface area (Å²) in [4.78, 5) is 6.28. The predicted octanol–water partition coefficient (Wildman–Crippen LogP) is 0.605. The quantitative estimate of drug-likeness (QED) is 0.831. The highest BCUT2D eigenvalue weighted by atomic mass is 16.5. The zero-order chi connectivity index (χ0) is 13.0. The van der Waals surface area contributed by atoms with Crippen LogP contribution in [0.4, 0.5) is 0 Å². The molecule has 102 valence electrons. The van der Waals surface area contributed by atoms with Gasteiger partial charge in [0.25, 0.3) is 0 Å². The molecule has 2 heterocycles. The third-order valence-corrected chi connectivity index (χ3v) is 3.21. The molecule has 1 aliphatic heterocycles. The van der Waals surface area contributed by atoms with Crippen molar-refractivity contribution in [2.75, 3.05) is 26.8 Å². The zero-order valence-corrected chi connectivity index (χ0v) is 11.1. The molecule has 0 aromatic carbocycles. The third-order valence-electron chi connectivity index (χ3n) is 3.21. The van der Waals surface area contributed by atoms with Gasteiger partial charge >= 0.3 is 0 Å². The van der Waals surface area contributed by atoms with Crippen LogP contribution in [0.2, 0.25) is 0 Å². The van der Waals surface area contributed by atoms with E-state index in [1.54, 1.807) is 0 Å². The molecule has 1 aliphatic rings. The molecule has 1 fully saturated rings. The first kappa shape index (κ1) is 13.5. The summed E-state index contributed by atoms with van der Waals surface area (Å²) in [5, 5.41) is 14.3. The van der Waals surface area contributed by atoms with Crippen LogP contribution in [-0.4, -0.2) is 52.6 Å². The van der Waals surface area contributed by atoms with E-state index in [0.717, 1.165) is 6.42 Å². The summed E-state index contributed by atoms with van der Waals surface area (Å²) in [5.41, 5.74) is -0.648. The SMILES string of the molecule is CCc1nc(CN(C)CC2(O)CCOCC2)no1. The average Bonchev–Trinajstić information content (AvgIpc) is 2.76. The Morgan fingerprint density at radius 1 is 1.39 bits per heavy atom. The van der Waals surface area contributed by atoms with Gasteiger partial charge in [-0.3, -0.25) is 4.90 Å². The van der Waals surface area contributed by atoms with Crippen LogP contribution < -0.4 is 0 Å². The van der Waals surface area contributed by atoms with E-state index in [0.29, 0.717) is 50.9 Å². The fraction of sp³-hybridized carbons (Fsp3) is 0.833. The Labute approximate surface area is 107 Å². The van der Waals surface area contributed by atoms with Gasteiger partial charge in [-0.15, -0.1) is 0 Å². The fourth-order valence-corrected chi connectivity index (χ4v) is 2.21. The fourth-order valence-electron chi connectivity index (χ4n) is 2.21. The molecule has 1 N–H and O–H groups in total. The molecule has 1 aromatic heterocycles. The Morgan fingerprint density at radius 2 is 2.11 bits per heavy atom. The molecule has 0 unspecified atom stereocenters. The lowest BCUT2D eigenvalue weighted by Crippen LogP contribution is -2.45. The van der Waals surface area contributed by atoms with E-state index < -0.39 is 5.60 Å². The molecular formula is C12H21N3O3. The number of aryl methyl sites for hydroxylation is 1. The topological polar surface area (TPSA) is 71.6 Å². The summed E-state index contributed by atoms with van der Waals surface area (Å²) in [6.45, 7) is 4.43. The van der Waals surface area contributed by atoms with E-state index in [2.05, 4.69) is 10.1 Å². The number of aromatic nitrogens is 2. The molecule has 2 rings (SSSR count). The highest BCUT2D eigenvalue weighted by molar-refractivity contribution is 4.88. The number of ether oxygens (including phenoxy) is 1. The summed E-state index contributed by atoms with van der Waals surface area (Å²) in [7, 11) is 1.95. The smallest absolute Gasteiger partial charge is 0.226 e. The summed E-state index contributed by atoms with van der Waals surface area (Å²) in [5.74, 6) is 1.33. The second-order valence-electron chi connectivity index (χ2n) is 4.97. The summed E-state index contributed by atoms with van der Waals surface area (Å²) in [6.07, 6.45) is 2.12. The van der Waals surface area contributed by atoms with Crippen molar-refractivity contribution in [1.29, 1.82) is 0 Å². The second kappa shape index (κ2) is 5.77. The number of likely N-dealkylation sites (N-methyl/N-ethyl adjacent to an activating group) is 1. The minimum absolute atomic E-state index is 0.590.